The summed E-state index contributed by atoms with van der Waals surface area (Å²) in [5.74, 6) is 0.863. The van der Waals surface area contributed by atoms with E-state index in [1.54, 1.807) is 4.90 Å². The van der Waals surface area contributed by atoms with Crippen molar-refractivity contribution < 1.29 is 9.59 Å². The number of anilines is 1. The van der Waals surface area contributed by atoms with Crippen molar-refractivity contribution in [2.24, 2.45) is 11.8 Å². The fourth-order valence-corrected chi connectivity index (χ4v) is 3.66. The SMILES string of the molecule is CC1CN(C(=O)CCl)CC=C1c1cc(NC(=O)C2CC2)nc2[nH]ccc12. The van der Waals surface area contributed by atoms with Gasteiger partial charge in [0.25, 0.3) is 0 Å². The van der Waals surface area contributed by atoms with Gasteiger partial charge in [0.1, 0.15) is 17.3 Å². The zero-order valence-corrected chi connectivity index (χ0v) is 15.3. The van der Waals surface area contributed by atoms with Crippen LogP contribution in [0, 0.1) is 11.8 Å². The van der Waals surface area contributed by atoms with Gasteiger partial charge in [0.2, 0.25) is 11.8 Å². The molecule has 2 N–H and O–H groups in total. The summed E-state index contributed by atoms with van der Waals surface area (Å²) in [7, 11) is 0. The molecule has 1 atom stereocenters. The maximum absolute atomic E-state index is 12.1. The molecule has 1 aliphatic carbocycles. The summed E-state index contributed by atoms with van der Waals surface area (Å²) in [5.41, 5.74) is 2.96. The molecule has 26 heavy (non-hydrogen) atoms. The molecular formula is C19H21ClN4O2. The normalized spacial score (nSPS) is 20.2. The first kappa shape index (κ1) is 17.1. The standard InChI is InChI=1S/C19H21ClN4O2/c1-11-10-24(17(25)9-20)7-5-13(11)15-8-16(23-19(26)12-2-3-12)22-18-14(15)4-6-21-18/h4-6,8,11-12H,2-3,7,9-10H2,1H3,(H2,21,22,23,26). The molecule has 0 saturated heterocycles. The first-order chi connectivity index (χ1) is 12.6. The summed E-state index contributed by atoms with van der Waals surface area (Å²) in [5, 5.41) is 3.96. The van der Waals surface area contributed by atoms with Gasteiger partial charge in [0.15, 0.2) is 0 Å². The van der Waals surface area contributed by atoms with Gasteiger partial charge in [-0.2, -0.15) is 0 Å². The highest BCUT2D eigenvalue weighted by atomic mass is 35.5. The molecule has 0 radical (unpaired) electrons. The molecule has 0 aromatic carbocycles. The number of H-pyrrole nitrogens is 1. The lowest BCUT2D eigenvalue weighted by atomic mass is 9.89. The maximum Gasteiger partial charge on any atom is 0.237 e. The van der Waals surface area contributed by atoms with Crippen LogP contribution in [0.3, 0.4) is 0 Å². The molecule has 136 valence electrons. The number of rotatable bonds is 4. The second kappa shape index (κ2) is 6.76. The van der Waals surface area contributed by atoms with Crippen LogP contribution in [0.4, 0.5) is 5.82 Å². The number of alkyl halides is 1. The Balaban J connectivity index is 1.68. The number of aromatic nitrogens is 2. The second-order valence-electron chi connectivity index (χ2n) is 7.05. The molecule has 4 rings (SSSR count). The third kappa shape index (κ3) is 3.21. The first-order valence-electron chi connectivity index (χ1n) is 8.90. The predicted octanol–water partition coefficient (Wildman–Crippen LogP) is 3.01. The highest BCUT2D eigenvalue weighted by Gasteiger charge is 2.30. The Morgan fingerprint density at radius 2 is 2.23 bits per heavy atom. The molecule has 1 aliphatic heterocycles. The number of amides is 2. The lowest BCUT2D eigenvalue weighted by molar-refractivity contribution is -0.128. The number of fused-ring (bicyclic) bond motifs is 1. The molecule has 1 saturated carbocycles. The van der Waals surface area contributed by atoms with Crippen LogP contribution in [0.5, 0.6) is 0 Å². The van der Waals surface area contributed by atoms with E-state index in [1.807, 2.05) is 18.3 Å². The van der Waals surface area contributed by atoms with E-state index in [0.29, 0.717) is 18.9 Å². The van der Waals surface area contributed by atoms with Crippen LogP contribution in [0.2, 0.25) is 0 Å². The van der Waals surface area contributed by atoms with Gasteiger partial charge in [0, 0.05) is 30.6 Å². The quantitative estimate of drug-likeness (QED) is 0.810. The van der Waals surface area contributed by atoms with Gasteiger partial charge in [-0.15, -0.1) is 11.6 Å². The predicted molar refractivity (Wildman–Crippen MR) is 102 cm³/mol. The average Bonchev–Trinajstić information content (AvgIpc) is 3.39. The van der Waals surface area contributed by atoms with Crippen molar-refractivity contribution in [3.8, 4) is 0 Å². The Bertz CT molecular complexity index is 900. The Labute approximate surface area is 156 Å². The van der Waals surface area contributed by atoms with E-state index in [-0.39, 0.29) is 29.5 Å². The largest absolute Gasteiger partial charge is 0.346 e. The lowest BCUT2D eigenvalue weighted by Gasteiger charge is -2.31. The Morgan fingerprint density at radius 3 is 2.92 bits per heavy atom. The molecule has 2 aromatic heterocycles. The van der Waals surface area contributed by atoms with Crippen molar-refractivity contribution in [3.63, 3.8) is 0 Å². The number of nitrogens with one attached hydrogen (secondary N) is 2. The van der Waals surface area contributed by atoms with Crippen LogP contribution in [0.25, 0.3) is 16.6 Å². The van der Waals surface area contributed by atoms with E-state index in [0.717, 1.165) is 35.0 Å². The summed E-state index contributed by atoms with van der Waals surface area (Å²) >= 11 is 5.69. The zero-order valence-electron chi connectivity index (χ0n) is 14.6. The monoisotopic (exact) mass is 372 g/mol. The molecule has 1 unspecified atom stereocenters. The molecule has 0 spiro atoms. The average molecular weight is 373 g/mol. The number of hydrogen-bond donors (Lipinski definition) is 2. The molecule has 0 bridgehead atoms. The van der Waals surface area contributed by atoms with Gasteiger partial charge in [-0.05, 0) is 42.0 Å². The van der Waals surface area contributed by atoms with Crippen molar-refractivity contribution in [3.05, 3.63) is 30.0 Å². The molecular weight excluding hydrogens is 352 g/mol. The van der Waals surface area contributed by atoms with Crippen LogP contribution in [-0.2, 0) is 9.59 Å². The van der Waals surface area contributed by atoms with Crippen LogP contribution < -0.4 is 5.32 Å². The van der Waals surface area contributed by atoms with E-state index in [2.05, 4.69) is 28.3 Å². The van der Waals surface area contributed by atoms with Gasteiger partial charge in [-0.3, -0.25) is 9.59 Å². The van der Waals surface area contributed by atoms with Gasteiger partial charge in [-0.25, -0.2) is 4.98 Å². The summed E-state index contributed by atoms with van der Waals surface area (Å²) in [6.07, 6.45) is 5.84. The number of nitrogens with zero attached hydrogens (tertiary/aromatic N) is 2. The number of pyridine rings is 1. The number of carbonyl (C=O) groups is 2. The van der Waals surface area contributed by atoms with Crippen LogP contribution in [-0.4, -0.2) is 45.7 Å². The summed E-state index contributed by atoms with van der Waals surface area (Å²) in [4.78, 5) is 33.4. The fourth-order valence-electron chi connectivity index (χ4n) is 3.49. The topological polar surface area (TPSA) is 78.1 Å². The van der Waals surface area contributed by atoms with Crippen LogP contribution >= 0.6 is 11.6 Å². The Morgan fingerprint density at radius 1 is 1.42 bits per heavy atom. The minimum Gasteiger partial charge on any atom is -0.346 e. The molecule has 2 aliphatic rings. The van der Waals surface area contributed by atoms with Crippen molar-refractivity contribution >= 4 is 45.8 Å². The fraction of sp³-hybridized carbons (Fsp3) is 0.421. The van der Waals surface area contributed by atoms with E-state index >= 15 is 0 Å². The Kier molecular flexibility index (Phi) is 4.44. The van der Waals surface area contributed by atoms with Crippen LogP contribution in [0.1, 0.15) is 25.3 Å². The van der Waals surface area contributed by atoms with E-state index in [1.165, 1.54) is 0 Å². The first-order valence-corrected chi connectivity index (χ1v) is 9.43. The van der Waals surface area contributed by atoms with Gasteiger partial charge in [-0.1, -0.05) is 13.0 Å². The van der Waals surface area contributed by atoms with Gasteiger partial charge >= 0.3 is 0 Å². The third-order valence-electron chi connectivity index (χ3n) is 5.06. The van der Waals surface area contributed by atoms with Crippen molar-refractivity contribution in [1.29, 1.82) is 0 Å². The highest BCUT2D eigenvalue weighted by Crippen LogP contribution is 2.35. The number of halogens is 1. The summed E-state index contributed by atoms with van der Waals surface area (Å²) in [6, 6.07) is 3.94. The maximum atomic E-state index is 12.1. The molecule has 6 nitrogen and oxygen atoms in total. The number of carbonyl (C=O) groups excluding carboxylic acids is 2. The van der Waals surface area contributed by atoms with E-state index < -0.39 is 0 Å². The molecule has 2 aromatic rings. The lowest BCUT2D eigenvalue weighted by Crippen LogP contribution is -2.38. The minimum absolute atomic E-state index is 0.00452. The molecule has 2 amide bonds. The third-order valence-corrected chi connectivity index (χ3v) is 5.29. The summed E-state index contributed by atoms with van der Waals surface area (Å²) < 4.78 is 0. The molecule has 1 fully saturated rings. The Hall–Kier alpha value is -2.34. The number of hydrogen-bond acceptors (Lipinski definition) is 3. The van der Waals surface area contributed by atoms with Crippen molar-refractivity contribution in [1.82, 2.24) is 14.9 Å². The molecule has 3 heterocycles. The zero-order chi connectivity index (χ0) is 18.3. The van der Waals surface area contributed by atoms with Crippen LogP contribution in [0.15, 0.2) is 24.4 Å². The van der Waals surface area contributed by atoms with Gasteiger partial charge in [0.05, 0.1) is 0 Å². The van der Waals surface area contributed by atoms with Gasteiger partial charge < -0.3 is 15.2 Å². The van der Waals surface area contributed by atoms with Crippen molar-refractivity contribution in [2.45, 2.75) is 19.8 Å². The van der Waals surface area contributed by atoms with E-state index in [4.69, 9.17) is 11.6 Å². The highest BCUT2D eigenvalue weighted by molar-refractivity contribution is 6.27. The van der Waals surface area contributed by atoms with E-state index in [9.17, 15) is 9.59 Å². The smallest absolute Gasteiger partial charge is 0.237 e. The minimum atomic E-state index is -0.0484. The molecule has 7 heteroatoms. The summed E-state index contributed by atoms with van der Waals surface area (Å²) in [6.45, 7) is 3.28. The second-order valence-corrected chi connectivity index (χ2v) is 7.32. The number of aromatic amines is 1. The van der Waals surface area contributed by atoms with Crippen molar-refractivity contribution in [2.75, 3.05) is 24.3 Å².